The summed E-state index contributed by atoms with van der Waals surface area (Å²) in [5, 5.41) is 29.3. The number of aromatic nitrogens is 2. The van der Waals surface area contributed by atoms with E-state index in [2.05, 4.69) is 15.5 Å². The highest BCUT2D eigenvalue weighted by Gasteiger charge is 2.35. The fourth-order valence-electron chi connectivity index (χ4n) is 2.32. The Labute approximate surface area is 130 Å². The number of nitro groups is 1. The molecule has 1 atom stereocenters. The number of carbonyl (C=O) groups excluding carboxylic acids is 1. The van der Waals surface area contributed by atoms with Crippen molar-refractivity contribution in [1.82, 2.24) is 15.5 Å². The monoisotopic (exact) mass is 320 g/mol. The van der Waals surface area contributed by atoms with Gasteiger partial charge in [0.15, 0.2) is 5.69 Å². The maximum absolute atomic E-state index is 12.4. The van der Waals surface area contributed by atoms with Crippen LogP contribution in [0.1, 0.15) is 37.2 Å². The number of fused-ring (bicyclic) bond motifs is 1. The molecule has 0 saturated carbocycles. The zero-order valence-electron chi connectivity index (χ0n) is 12.6. The minimum absolute atomic E-state index is 0.0766. The average molecular weight is 320 g/mol. The molecule has 23 heavy (non-hydrogen) atoms. The molecule has 0 aliphatic rings. The van der Waals surface area contributed by atoms with Crippen molar-refractivity contribution in [3.05, 3.63) is 34.0 Å². The van der Waals surface area contributed by atoms with E-state index in [4.69, 9.17) is 0 Å². The first-order chi connectivity index (χ1) is 10.8. The van der Waals surface area contributed by atoms with Gasteiger partial charge in [0, 0.05) is 17.5 Å². The molecule has 0 bridgehead atoms. The first kappa shape index (κ1) is 16.4. The predicted octanol–water partition coefficient (Wildman–Crippen LogP) is 1.84. The maximum atomic E-state index is 12.4. The highest BCUT2D eigenvalue weighted by atomic mass is 16.6. The van der Waals surface area contributed by atoms with Crippen LogP contribution < -0.4 is 5.32 Å². The number of non-ortho nitro benzene ring substituents is 1. The Balaban J connectivity index is 2.39. The van der Waals surface area contributed by atoms with Gasteiger partial charge in [-0.25, -0.2) is 4.79 Å². The lowest BCUT2D eigenvalue weighted by atomic mass is 9.96. The molecule has 1 aromatic heterocycles. The van der Waals surface area contributed by atoms with E-state index in [0.29, 0.717) is 11.9 Å². The zero-order chi connectivity index (χ0) is 17.2. The number of carboxylic acid groups (broad SMARTS) is 1. The van der Waals surface area contributed by atoms with Gasteiger partial charge in [0.2, 0.25) is 0 Å². The normalized spacial score (nSPS) is 13.5. The van der Waals surface area contributed by atoms with Crippen molar-refractivity contribution in [2.45, 2.75) is 32.2 Å². The largest absolute Gasteiger partial charge is 0.480 e. The van der Waals surface area contributed by atoms with Gasteiger partial charge in [-0.3, -0.25) is 20.0 Å². The Kier molecular flexibility index (Phi) is 4.30. The van der Waals surface area contributed by atoms with Crippen molar-refractivity contribution in [3.63, 3.8) is 0 Å². The third-order valence-corrected chi connectivity index (χ3v) is 3.58. The van der Waals surface area contributed by atoms with E-state index in [-0.39, 0.29) is 23.2 Å². The zero-order valence-corrected chi connectivity index (χ0v) is 12.6. The van der Waals surface area contributed by atoms with E-state index in [0.717, 1.165) is 0 Å². The summed E-state index contributed by atoms with van der Waals surface area (Å²) in [4.78, 5) is 34.0. The van der Waals surface area contributed by atoms with E-state index in [9.17, 15) is 24.8 Å². The number of aliphatic carboxylic acids is 1. The highest BCUT2D eigenvalue weighted by molar-refractivity contribution is 6.06. The van der Waals surface area contributed by atoms with Crippen LogP contribution in [0.2, 0.25) is 0 Å². The van der Waals surface area contributed by atoms with Crippen molar-refractivity contribution >= 4 is 28.5 Å². The number of H-pyrrole nitrogens is 1. The Morgan fingerprint density at radius 1 is 1.48 bits per heavy atom. The average Bonchev–Trinajstić information content (AvgIpc) is 2.90. The summed E-state index contributed by atoms with van der Waals surface area (Å²) in [6, 6.07) is 3.96. The molecule has 1 heterocycles. The second kappa shape index (κ2) is 6.03. The number of hydrogen-bond donors (Lipinski definition) is 3. The number of amides is 1. The number of nitro benzene ring substituents is 1. The summed E-state index contributed by atoms with van der Waals surface area (Å²) in [6.07, 6.45) is 0.812. The predicted molar refractivity (Wildman–Crippen MR) is 81.2 cm³/mol. The van der Waals surface area contributed by atoms with Crippen LogP contribution in [-0.4, -0.2) is 37.6 Å². The van der Waals surface area contributed by atoms with E-state index in [1.165, 1.54) is 25.1 Å². The van der Waals surface area contributed by atoms with Crippen LogP contribution in [-0.2, 0) is 4.79 Å². The number of aromatic amines is 1. The molecule has 2 rings (SSSR count). The molecule has 122 valence electrons. The van der Waals surface area contributed by atoms with Crippen LogP contribution in [0.25, 0.3) is 10.9 Å². The molecule has 0 aliphatic carbocycles. The van der Waals surface area contributed by atoms with Gasteiger partial charge in [0.05, 0.1) is 10.4 Å². The lowest BCUT2D eigenvalue weighted by Crippen LogP contribution is -2.52. The molecule has 2 aromatic rings. The number of hydrogen-bond acceptors (Lipinski definition) is 5. The molecule has 0 radical (unpaired) electrons. The minimum atomic E-state index is -1.43. The fourth-order valence-corrected chi connectivity index (χ4v) is 2.32. The summed E-state index contributed by atoms with van der Waals surface area (Å²) in [7, 11) is 0. The summed E-state index contributed by atoms with van der Waals surface area (Å²) in [5.41, 5.74) is -1.24. The minimum Gasteiger partial charge on any atom is -0.480 e. The molecule has 9 nitrogen and oxygen atoms in total. The lowest BCUT2D eigenvalue weighted by Gasteiger charge is -2.25. The summed E-state index contributed by atoms with van der Waals surface area (Å²) >= 11 is 0. The van der Waals surface area contributed by atoms with Crippen LogP contribution in [0.4, 0.5) is 5.69 Å². The summed E-state index contributed by atoms with van der Waals surface area (Å²) in [6.45, 7) is 3.22. The van der Waals surface area contributed by atoms with Crippen molar-refractivity contribution in [1.29, 1.82) is 0 Å². The Hall–Kier alpha value is -2.97. The molecular formula is C14H16N4O5. The van der Waals surface area contributed by atoms with Gasteiger partial charge in [-0.05, 0) is 19.4 Å². The van der Waals surface area contributed by atoms with E-state index >= 15 is 0 Å². The smallest absolute Gasteiger partial charge is 0.329 e. The number of carboxylic acids is 1. The SMILES string of the molecule is CCCC(C)(NC(=O)c1n[nH]c2ccc([N+](=O)[O-])cc12)C(=O)O. The lowest BCUT2D eigenvalue weighted by molar-refractivity contribution is -0.384. The quantitative estimate of drug-likeness (QED) is 0.548. The van der Waals surface area contributed by atoms with Gasteiger partial charge >= 0.3 is 5.97 Å². The highest BCUT2D eigenvalue weighted by Crippen LogP contribution is 2.23. The van der Waals surface area contributed by atoms with E-state index < -0.39 is 22.3 Å². The van der Waals surface area contributed by atoms with Gasteiger partial charge in [0.1, 0.15) is 5.54 Å². The summed E-state index contributed by atoms with van der Waals surface area (Å²) in [5.74, 6) is -1.85. The van der Waals surface area contributed by atoms with Crippen LogP contribution in [0.15, 0.2) is 18.2 Å². The van der Waals surface area contributed by atoms with Gasteiger partial charge in [-0.15, -0.1) is 0 Å². The van der Waals surface area contributed by atoms with Crippen LogP contribution in [0.5, 0.6) is 0 Å². The van der Waals surface area contributed by atoms with Crippen LogP contribution in [0, 0.1) is 10.1 Å². The molecule has 0 saturated heterocycles. The molecule has 1 amide bonds. The van der Waals surface area contributed by atoms with E-state index in [1.54, 1.807) is 6.92 Å². The van der Waals surface area contributed by atoms with Gasteiger partial charge < -0.3 is 10.4 Å². The molecular weight excluding hydrogens is 304 g/mol. The maximum Gasteiger partial charge on any atom is 0.329 e. The number of benzene rings is 1. The molecule has 0 fully saturated rings. The van der Waals surface area contributed by atoms with Crippen molar-refractivity contribution in [3.8, 4) is 0 Å². The second-order valence-electron chi connectivity index (χ2n) is 5.40. The molecule has 1 unspecified atom stereocenters. The Morgan fingerprint density at radius 3 is 2.74 bits per heavy atom. The van der Waals surface area contributed by atoms with Crippen LogP contribution in [0.3, 0.4) is 0 Å². The van der Waals surface area contributed by atoms with Crippen molar-refractivity contribution in [2.75, 3.05) is 0 Å². The number of nitrogens with zero attached hydrogens (tertiary/aromatic N) is 2. The topological polar surface area (TPSA) is 138 Å². The second-order valence-corrected chi connectivity index (χ2v) is 5.40. The van der Waals surface area contributed by atoms with E-state index in [1.807, 2.05) is 0 Å². The summed E-state index contributed by atoms with van der Waals surface area (Å²) < 4.78 is 0. The van der Waals surface area contributed by atoms with Gasteiger partial charge in [0.25, 0.3) is 11.6 Å². The standard InChI is InChI=1S/C14H16N4O5/c1-3-6-14(2,13(20)21)15-12(19)11-9-7-8(18(22)23)4-5-10(9)16-17-11/h4-5,7H,3,6H2,1-2H3,(H,15,19)(H,16,17)(H,20,21). The Bertz CT molecular complexity index is 785. The number of nitrogens with one attached hydrogen (secondary N) is 2. The van der Waals surface area contributed by atoms with Gasteiger partial charge in [-0.1, -0.05) is 13.3 Å². The molecule has 0 aliphatic heterocycles. The first-order valence-corrected chi connectivity index (χ1v) is 6.97. The van der Waals surface area contributed by atoms with Crippen molar-refractivity contribution in [2.24, 2.45) is 0 Å². The van der Waals surface area contributed by atoms with Crippen LogP contribution >= 0.6 is 0 Å². The number of rotatable bonds is 6. The third kappa shape index (κ3) is 3.12. The first-order valence-electron chi connectivity index (χ1n) is 6.97. The van der Waals surface area contributed by atoms with Gasteiger partial charge in [-0.2, -0.15) is 5.10 Å². The molecule has 0 spiro atoms. The third-order valence-electron chi connectivity index (χ3n) is 3.58. The molecule has 9 heteroatoms. The Morgan fingerprint density at radius 2 is 2.17 bits per heavy atom. The molecule has 3 N–H and O–H groups in total. The fraction of sp³-hybridized carbons (Fsp3) is 0.357. The molecule has 1 aromatic carbocycles. The van der Waals surface area contributed by atoms with Crippen molar-refractivity contribution < 1.29 is 19.6 Å². The number of carbonyl (C=O) groups is 2.